The molecule has 2 rings (SSSR count). The van der Waals surface area contributed by atoms with E-state index in [4.69, 9.17) is 0 Å². The summed E-state index contributed by atoms with van der Waals surface area (Å²) < 4.78 is 0. The molecule has 0 saturated carbocycles. The highest BCUT2D eigenvalue weighted by atomic mass is 32.2. The number of hydrogen-bond donors (Lipinski definition) is 1. The molecule has 15 heavy (non-hydrogen) atoms. The second-order valence-electron chi connectivity index (χ2n) is 3.16. The third kappa shape index (κ3) is 3.27. The van der Waals surface area contributed by atoms with Crippen molar-refractivity contribution in [2.75, 3.05) is 5.32 Å². The summed E-state index contributed by atoms with van der Waals surface area (Å²) in [6.07, 6.45) is 0. The summed E-state index contributed by atoms with van der Waals surface area (Å²) in [5.41, 5.74) is 3.67. The molecule has 0 aromatic heterocycles. The van der Waals surface area contributed by atoms with Gasteiger partial charge in [-0.25, -0.2) is 0 Å². The molecule has 2 nitrogen and oxygen atoms in total. The van der Waals surface area contributed by atoms with E-state index in [1.165, 1.54) is 18.1 Å². The van der Waals surface area contributed by atoms with Crippen molar-refractivity contribution in [3.05, 3.63) is 29.3 Å². The molecule has 1 aromatic rings. The summed E-state index contributed by atoms with van der Waals surface area (Å²) in [5, 5.41) is 2.79. The molecule has 1 aliphatic rings. The number of thioether (sulfide) groups is 1. The van der Waals surface area contributed by atoms with Crippen molar-refractivity contribution in [1.82, 2.24) is 0 Å². The van der Waals surface area contributed by atoms with Crippen LogP contribution in [-0.2, 0) is 16.3 Å². The second kappa shape index (κ2) is 5.81. The van der Waals surface area contributed by atoms with Crippen molar-refractivity contribution in [3.63, 3.8) is 0 Å². The Hall–Kier alpha value is -0.960. The zero-order valence-corrected chi connectivity index (χ0v) is 10.3. The molecule has 1 heterocycles. The fourth-order valence-electron chi connectivity index (χ4n) is 1.45. The zero-order chi connectivity index (χ0) is 11.3. The van der Waals surface area contributed by atoms with Gasteiger partial charge in [-0.1, -0.05) is 19.9 Å². The fourth-order valence-corrected chi connectivity index (χ4v) is 2.55. The Balaban J connectivity index is 0.000000531. The first kappa shape index (κ1) is 12.1. The summed E-state index contributed by atoms with van der Waals surface area (Å²) in [7, 11) is 0. The number of hydrogen-bond acceptors (Lipinski definition) is 2. The maximum Gasteiger partial charge on any atom is 0.221 e. The van der Waals surface area contributed by atoms with Crippen LogP contribution in [0.3, 0.4) is 0 Å². The predicted molar refractivity (Wildman–Crippen MR) is 67.1 cm³/mol. The minimum Gasteiger partial charge on any atom is -0.326 e. The largest absolute Gasteiger partial charge is 0.326 e. The number of benzene rings is 1. The van der Waals surface area contributed by atoms with E-state index >= 15 is 0 Å². The average molecular weight is 223 g/mol. The van der Waals surface area contributed by atoms with Crippen molar-refractivity contribution in [3.8, 4) is 0 Å². The van der Waals surface area contributed by atoms with Crippen molar-refractivity contribution >= 4 is 23.4 Å². The molecular weight excluding hydrogens is 206 g/mol. The van der Waals surface area contributed by atoms with E-state index in [-0.39, 0.29) is 5.91 Å². The molecule has 0 aliphatic carbocycles. The van der Waals surface area contributed by atoms with E-state index < -0.39 is 0 Å². The summed E-state index contributed by atoms with van der Waals surface area (Å²) in [4.78, 5) is 10.8. The van der Waals surface area contributed by atoms with Gasteiger partial charge in [-0.05, 0) is 23.3 Å². The van der Waals surface area contributed by atoms with Crippen LogP contribution in [0.1, 0.15) is 31.9 Å². The lowest BCUT2D eigenvalue weighted by atomic mass is 10.1. The van der Waals surface area contributed by atoms with Crippen LogP contribution in [0.2, 0.25) is 0 Å². The number of fused-ring (bicyclic) bond motifs is 1. The molecule has 0 unspecified atom stereocenters. The highest BCUT2D eigenvalue weighted by molar-refractivity contribution is 7.98. The fraction of sp³-hybridized carbons (Fsp3) is 0.417. The molecule has 0 fully saturated rings. The molecule has 0 spiro atoms. The summed E-state index contributed by atoms with van der Waals surface area (Å²) in [5.74, 6) is 2.17. The monoisotopic (exact) mass is 223 g/mol. The Labute approximate surface area is 95.5 Å². The second-order valence-corrected chi connectivity index (χ2v) is 4.14. The Kier molecular flexibility index (Phi) is 4.69. The molecule has 1 N–H and O–H groups in total. The molecule has 1 amide bonds. The van der Waals surface area contributed by atoms with Gasteiger partial charge in [0.25, 0.3) is 0 Å². The van der Waals surface area contributed by atoms with Crippen LogP contribution in [0.25, 0.3) is 0 Å². The third-order valence-corrected chi connectivity index (χ3v) is 3.07. The van der Waals surface area contributed by atoms with Crippen molar-refractivity contribution in [2.24, 2.45) is 0 Å². The third-order valence-electron chi connectivity index (χ3n) is 2.04. The molecule has 0 radical (unpaired) electrons. The number of rotatable bonds is 1. The SMILES string of the molecule is CC.CC(=O)Nc1ccc2c(c1)CSC2. The van der Waals surface area contributed by atoms with Gasteiger partial charge in [0.05, 0.1) is 0 Å². The van der Waals surface area contributed by atoms with Crippen molar-refractivity contribution in [2.45, 2.75) is 32.3 Å². The highest BCUT2D eigenvalue weighted by Gasteiger charge is 2.11. The van der Waals surface area contributed by atoms with E-state index in [0.29, 0.717) is 0 Å². The smallest absolute Gasteiger partial charge is 0.221 e. The maximum atomic E-state index is 10.8. The Morgan fingerprint density at radius 2 is 1.93 bits per heavy atom. The minimum atomic E-state index is -0.00870. The number of carbonyl (C=O) groups excluding carboxylic acids is 1. The van der Waals surface area contributed by atoms with Gasteiger partial charge in [-0.15, -0.1) is 0 Å². The lowest BCUT2D eigenvalue weighted by Crippen LogP contribution is -2.05. The van der Waals surface area contributed by atoms with E-state index in [2.05, 4.69) is 17.4 Å². The summed E-state index contributed by atoms with van der Waals surface area (Å²) in [6.45, 7) is 5.53. The molecule has 0 atom stereocenters. The summed E-state index contributed by atoms with van der Waals surface area (Å²) in [6, 6.07) is 6.13. The van der Waals surface area contributed by atoms with Crippen molar-refractivity contribution < 1.29 is 4.79 Å². The van der Waals surface area contributed by atoms with Gasteiger partial charge in [0.1, 0.15) is 0 Å². The molecule has 0 bridgehead atoms. The van der Waals surface area contributed by atoms with Gasteiger partial charge in [0, 0.05) is 24.1 Å². The predicted octanol–water partition coefficient (Wildman–Crippen LogP) is 3.42. The van der Waals surface area contributed by atoms with E-state index in [9.17, 15) is 4.79 Å². The van der Waals surface area contributed by atoms with Crippen LogP contribution in [-0.4, -0.2) is 5.91 Å². The molecule has 0 saturated heterocycles. The van der Waals surface area contributed by atoms with E-state index in [1.54, 1.807) is 0 Å². The first-order valence-corrected chi connectivity index (χ1v) is 6.38. The number of amides is 1. The highest BCUT2D eigenvalue weighted by Crippen LogP contribution is 2.31. The van der Waals surface area contributed by atoms with Crippen molar-refractivity contribution in [1.29, 1.82) is 0 Å². The first-order valence-electron chi connectivity index (χ1n) is 5.23. The van der Waals surface area contributed by atoms with Crippen LogP contribution >= 0.6 is 11.8 Å². The Morgan fingerprint density at radius 1 is 1.27 bits per heavy atom. The topological polar surface area (TPSA) is 29.1 Å². The van der Waals surface area contributed by atoms with Crippen LogP contribution < -0.4 is 5.32 Å². The van der Waals surface area contributed by atoms with E-state index in [0.717, 1.165) is 17.2 Å². The van der Waals surface area contributed by atoms with Gasteiger partial charge in [0.15, 0.2) is 0 Å². The Morgan fingerprint density at radius 3 is 2.60 bits per heavy atom. The van der Waals surface area contributed by atoms with Gasteiger partial charge >= 0.3 is 0 Å². The minimum absolute atomic E-state index is 0.00870. The van der Waals surface area contributed by atoms with Gasteiger partial charge in [-0.2, -0.15) is 11.8 Å². The lowest BCUT2D eigenvalue weighted by Gasteiger charge is -2.04. The molecule has 1 aromatic carbocycles. The van der Waals surface area contributed by atoms with Gasteiger partial charge in [-0.3, -0.25) is 4.79 Å². The number of anilines is 1. The lowest BCUT2D eigenvalue weighted by molar-refractivity contribution is -0.114. The normalized spacial score (nSPS) is 12.5. The van der Waals surface area contributed by atoms with Crippen LogP contribution in [0.4, 0.5) is 5.69 Å². The van der Waals surface area contributed by atoms with Crippen LogP contribution in [0, 0.1) is 0 Å². The van der Waals surface area contributed by atoms with Gasteiger partial charge < -0.3 is 5.32 Å². The maximum absolute atomic E-state index is 10.8. The summed E-state index contributed by atoms with van der Waals surface area (Å²) >= 11 is 1.92. The standard InChI is InChI=1S/C10H11NOS.C2H6/c1-7(12)11-10-3-2-8-5-13-6-9(8)4-10;1-2/h2-4H,5-6H2,1H3,(H,11,12);1-2H3. The molecule has 1 aliphatic heterocycles. The van der Waals surface area contributed by atoms with Crippen LogP contribution in [0.5, 0.6) is 0 Å². The van der Waals surface area contributed by atoms with Gasteiger partial charge in [0.2, 0.25) is 5.91 Å². The van der Waals surface area contributed by atoms with Crippen LogP contribution in [0.15, 0.2) is 18.2 Å². The van der Waals surface area contributed by atoms with E-state index in [1.807, 2.05) is 31.7 Å². The number of carbonyl (C=O) groups is 1. The molecule has 3 heteroatoms. The first-order chi connectivity index (χ1) is 7.25. The average Bonchev–Trinajstić information content (AvgIpc) is 2.67. The Bertz CT molecular complexity index is 349. The molecule has 82 valence electrons. The zero-order valence-electron chi connectivity index (χ0n) is 9.46. The quantitative estimate of drug-likeness (QED) is 0.790. The number of nitrogens with one attached hydrogen (secondary N) is 1. The molecular formula is C12H17NOS.